The minimum absolute atomic E-state index is 0. The molecule has 2 fully saturated rings. The van der Waals surface area contributed by atoms with Crippen LogP contribution in [0.5, 0.6) is 0 Å². The topological polar surface area (TPSA) is 74.0 Å². The fourth-order valence-corrected chi connectivity index (χ4v) is 4.77. The molecule has 1 atom stereocenters. The van der Waals surface area contributed by atoms with Crippen molar-refractivity contribution in [1.29, 1.82) is 0 Å². The molecule has 0 aromatic carbocycles. The van der Waals surface area contributed by atoms with Gasteiger partial charge in [-0.15, -0.1) is 24.0 Å². The van der Waals surface area contributed by atoms with Gasteiger partial charge in [-0.05, 0) is 51.7 Å². The van der Waals surface area contributed by atoms with Crippen LogP contribution in [-0.4, -0.2) is 79.0 Å². The van der Waals surface area contributed by atoms with Gasteiger partial charge in [0.25, 0.3) is 0 Å². The third-order valence-corrected chi connectivity index (χ3v) is 6.65. The molecular formula is C18H36IN5OS. The highest BCUT2D eigenvalue weighted by Gasteiger charge is 2.23. The Kier molecular flexibility index (Phi) is 11.9. The lowest BCUT2D eigenvalue weighted by Crippen LogP contribution is -2.48. The van der Waals surface area contributed by atoms with Crippen molar-refractivity contribution in [3.8, 4) is 0 Å². The maximum Gasteiger partial charge on any atom is 0.220 e. The molecule has 8 heteroatoms. The third kappa shape index (κ3) is 7.80. The van der Waals surface area contributed by atoms with Crippen LogP contribution in [0.3, 0.4) is 0 Å². The van der Waals surface area contributed by atoms with Gasteiger partial charge in [-0.25, -0.2) is 0 Å². The quantitative estimate of drug-likeness (QED) is 0.244. The Labute approximate surface area is 180 Å². The Morgan fingerprint density at radius 3 is 2.62 bits per heavy atom. The number of rotatable bonds is 7. The normalized spacial score (nSPS) is 22.8. The Hall–Kier alpha value is -0.220. The molecule has 2 heterocycles. The average Bonchev–Trinajstić information content (AvgIpc) is 2.65. The maximum absolute atomic E-state index is 11.2. The van der Waals surface area contributed by atoms with Gasteiger partial charge in [0.15, 0.2) is 5.96 Å². The minimum atomic E-state index is -0.128. The highest BCUT2D eigenvalue weighted by atomic mass is 127. The second kappa shape index (κ2) is 13.0. The zero-order valence-corrected chi connectivity index (χ0v) is 19.4. The molecule has 2 aliphatic heterocycles. The van der Waals surface area contributed by atoms with E-state index >= 15 is 0 Å². The third-order valence-electron chi connectivity index (χ3n) is 5.28. The van der Waals surface area contributed by atoms with Crippen LogP contribution in [0, 0.1) is 5.92 Å². The van der Waals surface area contributed by atoms with E-state index in [1.165, 1.54) is 18.6 Å². The number of aliphatic imine (C=N–C) groups is 1. The van der Waals surface area contributed by atoms with Gasteiger partial charge in [-0.2, -0.15) is 11.8 Å². The number of primary amides is 1. The molecule has 0 aromatic rings. The number of nitrogens with zero attached hydrogens (tertiary/aromatic N) is 3. The summed E-state index contributed by atoms with van der Waals surface area (Å²) in [5.74, 6) is 2.22. The van der Waals surface area contributed by atoms with Crippen LogP contribution in [0.1, 0.15) is 39.0 Å². The van der Waals surface area contributed by atoms with E-state index in [1.54, 1.807) is 0 Å². The Morgan fingerprint density at radius 1 is 1.27 bits per heavy atom. The summed E-state index contributed by atoms with van der Waals surface area (Å²) in [6, 6.07) is 0. The lowest BCUT2D eigenvalue weighted by Gasteiger charge is -2.34. The largest absolute Gasteiger partial charge is 0.369 e. The number of guanidine groups is 1. The van der Waals surface area contributed by atoms with Gasteiger partial charge in [-0.3, -0.25) is 9.79 Å². The molecule has 0 saturated carbocycles. The average molecular weight is 497 g/mol. The molecule has 26 heavy (non-hydrogen) atoms. The first-order valence-corrected chi connectivity index (χ1v) is 10.8. The van der Waals surface area contributed by atoms with Crippen LogP contribution < -0.4 is 11.1 Å². The summed E-state index contributed by atoms with van der Waals surface area (Å²) in [5, 5.41) is 4.26. The van der Waals surface area contributed by atoms with Crippen molar-refractivity contribution < 1.29 is 4.79 Å². The van der Waals surface area contributed by atoms with Crippen molar-refractivity contribution >= 4 is 47.6 Å². The predicted octanol–water partition coefficient (Wildman–Crippen LogP) is 1.98. The van der Waals surface area contributed by atoms with Gasteiger partial charge < -0.3 is 20.9 Å². The van der Waals surface area contributed by atoms with Gasteiger partial charge in [0.05, 0.1) is 0 Å². The maximum atomic E-state index is 11.2. The molecule has 0 spiro atoms. The lowest BCUT2D eigenvalue weighted by atomic mass is 9.96. The molecule has 2 rings (SSSR count). The first-order chi connectivity index (χ1) is 12.1. The van der Waals surface area contributed by atoms with E-state index in [2.05, 4.69) is 38.8 Å². The van der Waals surface area contributed by atoms with Crippen LogP contribution in [0.2, 0.25) is 0 Å². The van der Waals surface area contributed by atoms with Crippen molar-refractivity contribution in [2.24, 2.45) is 16.6 Å². The van der Waals surface area contributed by atoms with Crippen molar-refractivity contribution in [3.05, 3.63) is 0 Å². The number of nitrogens with one attached hydrogen (secondary N) is 1. The summed E-state index contributed by atoms with van der Waals surface area (Å²) < 4.78 is 0. The number of carbonyl (C=O) groups is 1. The molecule has 2 aliphatic rings. The number of hydrogen-bond acceptors (Lipinski definition) is 4. The van der Waals surface area contributed by atoms with E-state index in [4.69, 9.17) is 5.73 Å². The summed E-state index contributed by atoms with van der Waals surface area (Å²) in [7, 11) is 1.88. The first-order valence-electron chi connectivity index (χ1n) is 9.73. The molecule has 0 radical (unpaired) electrons. The van der Waals surface area contributed by atoms with Crippen LogP contribution in [0.4, 0.5) is 0 Å². The highest BCUT2D eigenvalue weighted by Crippen LogP contribution is 2.21. The fraction of sp³-hybridized carbons (Fsp3) is 0.889. The molecule has 6 nitrogen and oxygen atoms in total. The van der Waals surface area contributed by atoms with Crippen molar-refractivity contribution in [1.82, 2.24) is 15.1 Å². The molecule has 0 bridgehead atoms. The molecule has 0 aliphatic carbocycles. The van der Waals surface area contributed by atoms with Crippen molar-refractivity contribution in [2.45, 2.75) is 44.3 Å². The lowest BCUT2D eigenvalue weighted by molar-refractivity contribution is -0.123. The number of amides is 1. The SMILES string of the molecule is CCC1CN(C(=NC)NCCCCN2CCC(C(N)=O)CC2)CCS1.I. The summed E-state index contributed by atoms with van der Waals surface area (Å²) >= 11 is 2.09. The number of thioether (sulfide) groups is 1. The van der Waals surface area contributed by atoms with Crippen LogP contribution in [0.15, 0.2) is 4.99 Å². The molecule has 0 aromatic heterocycles. The van der Waals surface area contributed by atoms with E-state index in [1.807, 2.05) is 7.05 Å². The number of hydrogen-bond donors (Lipinski definition) is 2. The summed E-state index contributed by atoms with van der Waals surface area (Å²) in [5.41, 5.74) is 5.39. The van der Waals surface area contributed by atoms with Gasteiger partial charge in [0.2, 0.25) is 5.91 Å². The number of halogens is 1. The molecule has 1 amide bonds. The van der Waals surface area contributed by atoms with Crippen LogP contribution in [0.25, 0.3) is 0 Å². The van der Waals surface area contributed by atoms with Crippen molar-refractivity contribution in [3.63, 3.8) is 0 Å². The van der Waals surface area contributed by atoms with Crippen LogP contribution >= 0.6 is 35.7 Å². The monoisotopic (exact) mass is 497 g/mol. The standard InChI is InChI=1S/C18H35N5OS.HI/c1-3-16-14-23(12-13-25-16)18(20-2)21-8-4-5-9-22-10-6-15(7-11-22)17(19)24;/h15-16H,3-14H2,1-2H3,(H2,19,24)(H,20,21);1H. The van der Waals surface area contributed by atoms with E-state index in [9.17, 15) is 4.79 Å². The summed E-state index contributed by atoms with van der Waals surface area (Å²) in [6.45, 7) is 8.57. The molecule has 2 saturated heterocycles. The van der Waals surface area contributed by atoms with Crippen LogP contribution in [-0.2, 0) is 4.79 Å². The van der Waals surface area contributed by atoms with E-state index in [0.717, 1.165) is 69.7 Å². The molecule has 3 N–H and O–H groups in total. The van der Waals surface area contributed by atoms with Gasteiger partial charge >= 0.3 is 0 Å². The second-order valence-electron chi connectivity index (χ2n) is 7.05. The second-order valence-corrected chi connectivity index (χ2v) is 8.45. The number of likely N-dealkylation sites (tertiary alicyclic amines) is 1. The van der Waals surface area contributed by atoms with Gasteiger partial charge in [-0.1, -0.05) is 6.92 Å². The molecule has 1 unspecified atom stereocenters. The molecular weight excluding hydrogens is 461 g/mol. The number of carbonyl (C=O) groups excluding carboxylic acids is 1. The van der Waals surface area contributed by atoms with E-state index in [-0.39, 0.29) is 35.8 Å². The number of nitrogens with two attached hydrogens (primary N) is 1. The van der Waals surface area contributed by atoms with Crippen molar-refractivity contribution in [2.75, 3.05) is 52.1 Å². The van der Waals surface area contributed by atoms with Gasteiger partial charge in [0.1, 0.15) is 0 Å². The Morgan fingerprint density at radius 2 is 2.00 bits per heavy atom. The number of unbranched alkanes of at least 4 members (excludes halogenated alkanes) is 1. The van der Waals surface area contributed by atoms with E-state index < -0.39 is 0 Å². The zero-order valence-electron chi connectivity index (χ0n) is 16.3. The first kappa shape index (κ1) is 23.8. The van der Waals surface area contributed by atoms with E-state index in [0.29, 0.717) is 0 Å². The predicted molar refractivity (Wildman–Crippen MR) is 122 cm³/mol. The summed E-state index contributed by atoms with van der Waals surface area (Å²) in [4.78, 5) is 20.5. The Balaban J connectivity index is 0.00000338. The zero-order chi connectivity index (χ0) is 18.1. The summed E-state index contributed by atoms with van der Waals surface area (Å²) in [6.07, 6.45) is 5.40. The molecule has 152 valence electrons. The van der Waals surface area contributed by atoms with Gasteiger partial charge in [0, 0.05) is 43.6 Å². The fourth-order valence-electron chi connectivity index (χ4n) is 3.59. The smallest absolute Gasteiger partial charge is 0.220 e. The Bertz CT molecular complexity index is 443. The highest BCUT2D eigenvalue weighted by molar-refractivity contribution is 14.0. The minimum Gasteiger partial charge on any atom is -0.369 e. The number of piperidine rings is 1.